The van der Waals surface area contributed by atoms with Gasteiger partial charge in [-0.25, -0.2) is 9.48 Å². The maximum atomic E-state index is 12.2. The van der Waals surface area contributed by atoms with Crippen LogP contribution in [0.4, 0.5) is 0 Å². The zero-order valence-electron chi connectivity index (χ0n) is 13.7. The topological polar surface area (TPSA) is 79.7 Å². The number of ether oxygens (including phenoxy) is 3. The summed E-state index contributed by atoms with van der Waals surface area (Å²) in [5, 5.41) is 4.54. The Bertz CT molecular complexity index is 849. The van der Waals surface area contributed by atoms with Gasteiger partial charge in [0.2, 0.25) is 0 Å². The van der Waals surface area contributed by atoms with Crippen LogP contribution in [0.25, 0.3) is 0 Å². The molecule has 0 spiro atoms. The van der Waals surface area contributed by atoms with Crippen LogP contribution in [-0.4, -0.2) is 22.5 Å². The Kier molecular flexibility index (Phi) is 5.35. The number of aromatic nitrogens is 2. The standard InChI is InChI=1S/C17H17ClN2O5/c1-2-5-20-15(21)4-3-14(19-20)17(22)24-9-12-7-13(18)6-11-8-23-10-25-16(11)12/h3-4,6-7H,2,5,8-10H2,1H3. The van der Waals surface area contributed by atoms with Crippen LogP contribution in [0.15, 0.2) is 29.1 Å². The fourth-order valence-electron chi connectivity index (χ4n) is 2.51. The minimum Gasteiger partial charge on any atom is -0.467 e. The molecular weight excluding hydrogens is 348 g/mol. The fourth-order valence-corrected chi connectivity index (χ4v) is 2.77. The number of carbonyl (C=O) groups excluding carboxylic acids is 1. The third-order valence-electron chi connectivity index (χ3n) is 3.62. The number of nitrogens with zero attached hydrogens (tertiary/aromatic N) is 2. The molecule has 0 fully saturated rings. The van der Waals surface area contributed by atoms with Crippen LogP contribution in [0, 0.1) is 0 Å². The van der Waals surface area contributed by atoms with Gasteiger partial charge in [-0.3, -0.25) is 4.79 Å². The van der Waals surface area contributed by atoms with E-state index in [0.29, 0.717) is 29.5 Å². The van der Waals surface area contributed by atoms with Crippen molar-refractivity contribution in [3.8, 4) is 5.75 Å². The van der Waals surface area contributed by atoms with Crippen molar-refractivity contribution in [2.24, 2.45) is 0 Å². The summed E-state index contributed by atoms with van der Waals surface area (Å²) in [6, 6.07) is 6.10. The molecular formula is C17H17ClN2O5. The molecule has 0 saturated heterocycles. The van der Waals surface area contributed by atoms with Gasteiger partial charge in [0.15, 0.2) is 12.5 Å². The van der Waals surface area contributed by atoms with E-state index >= 15 is 0 Å². The molecule has 1 aromatic heterocycles. The van der Waals surface area contributed by atoms with Gasteiger partial charge in [0.25, 0.3) is 5.56 Å². The molecule has 0 radical (unpaired) electrons. The molecule has 132 valence electrons. The smallest absolute Gasteiger partial charge is 0.359 e. The van der Waals surface area contributed by atoms with Crippen molar-refractivity contribution in [2.75, 3.05) is 6.79 Å². The lowest BCUT2D eigenvalue weighted by molar-refractivity contribution is -0.0180. The van der Waals surface area contributed by atoms with Crippen molar-refractivity contribution >= 4 is 17.6 Å². The molecule has 2 aromatic rings. The third kappa shape index (κ3) is 4.00. The van der Waals surface area contributed by atoms with Crippen molar-refractivity contribution < 1.29 is 19.0 Å². The molecule has 2 heterocycles. The van der Waals surface area contributed by atoms with Crippen molar-refractivity contribution in [2.45, 2.75) is 33.1 Å². The maximum Gasteiger partial charge on any atom is 0.359 e. The lowest BCUT2D eigenvalue weighted by atomic mass is 10.1. The molecule has 1 aliphatic heterocycles. The quantitative estimate of drug-likeness (QED) is 0.758. The Labute approximate surface area is 149 Å². The van der Waals surface area contributed by atoms with Gasteiger partial charge in [0.1, 0.15) is 12.4 Å². The van der Waals surface area contributed by atoms with Gasteiger partial charge in [-0.2, -0.15) is 5.10 Å². The second-order valence-electron chi connectivity index (χ2n) is 5.52. The van der Waals surface area contributed by atoms with Crippen molar-refractivity contribution in [1.29, 1.82) is 0 Å². The minimum absolute atomic E-state index is 0.0175. The highest BCUT2D eigenvalue weighted by Gasteiger charge is 2.18. The number of esters is 1. The molecule has 3 rings (SSSR count). The van der Waals surface area contributed by atoms with Crippen LogP contribution in [0.5, 0.6) is 5.75 Å². The third-order valence-corrected chi connectivity index (χ3v) is 3.84. The Morgan fingerprint density at radius 3 is 3.04 bits per heavy atom. The van der Waals surface area contributed by atoms with Gasteiger partial charge in [-0.15, -0.1) is 0 Å². The summed E-state index contributed by atoms with van der Waals surface area (Å²) in [6.07, 6.45) is 0.736. The molecule has 0 amide bonds. The Balaban J connectivity index is 1.76. The highest BCUT2D eigenvalue weighted by molar-refractivity contribution is 6.30. The maximum absolute atomic E-state index is 12.2. The van der Waals surface area contributed by atoms with Crippen LogP contribution >= 0.6 is 11.6 Å². The first-order valence-corrected chi connectivity index (χ1v) is 8.23. The van der Waals surface area contributed by atoms with Gasteiger partial charge >= 0.3 is 5.97 Å². The first-order valence-electron chi connectivity index (χ1n) is 7.85. The number of benzene rings is 1. The Hall–Kier alpha value is -2.38. The average Bonchev–Trinajstić information content (AvgIpc) is 2.61. The van der Waals surface area contributed by atoms with Crippen LogP contribution in [0.2, 0.25) is 5.02 Å². The molecule has 1 aliphatic rings. The summed E-state index contributed by atoms with van der Waals surface area (Å²) in [7, 11) is 0. The van der Waals surface area contributed by atoms with E-state index in [1.165, 1.54) is 16.8 Å². The molecule has 0 N–H and O–H groups in total. The zero-order valence-corrected chi connectivity index (χ0v) is 14.4. The van der Waals surface area contributed by atoms with Gasteiger partial charge < -0.3 is 14.2 Å². The lowest BCUT2D eigenvalue weighted by Gasteiger charge is -2.21. The summed E-state index contributed by atoms with van der Waals surface area (Å²) < 4.78 is 17.3. The molecule has 0 atom stereocenters. The molecule has 7 nitrogen and oxygen atoms in total. The summed E-state index contributed by atoms with van der Waals surface area (Å²) in [5.74, 6) is -0.00185. The number of hydrogen-bond acceptors (Lipinski definition) is 6. The second kappa shape index (κ2) is 7.67. The number of fused-ring (bicyclic) bond motifs is 1. The average molecular weight is 365 g/mol. The predicted octanol–water partition coefficient (Wildman–Crippen LogP) is 2.53. The highest BCUT2D eigenvalue weighted by Crippen LogP contribution is 2.32. The lowest BCUT2D eigenvalue weighted by Crippen LogP contribution is -2.24. The normalized spacial score (nSPS) is 13.0. The largest absolute Gasteiger partial charge is 0.467 e. The van der Waals surface area contributed by atoms with Gasteiger partial charge in [0, 0.05) is 28.8 Å². The van der Waals surface area contributed by atoms with Gasteiger partial charge in [0.05, 0.1) is 6.61 Å². The number of halogens is 1. The number of rotatable bonds is 5. The number of carbonyl (C=O) groups is 1. The van der Waals surface area contributed by atoms with Crippen LogP contribution < -0.4 is 10.3 Å². The molecule has 25 heavy (non-hydrogen) atoms. The number of aryl methyl sites for hydroxylation is 1. The summed E-state index contributed by atoms with van der Waals surface area (Å²) in [5.41, 5.74) is 1.28. The molecule has 0 saturated carbocycles. The zero-order chi connectivity index (χ0) is 17.8. The Morgan fingerprint density at radius 1 is 1.40 bits per heavy atom. The van der Waals surface area contributed by atoms with E-state index in [1.54, 1.807) is 12.1 Å². The van der Waals surface area contributed by atoms with Crippen molar-refractivity contribution in [3.05, 3.63) is 56.5 Å². The van der Waals surface area contributed by atoms with Crippen LogP contribution in [-0.2, 0) is 29.2 Å². The highest BCUT2D eigenvalue weighted by atomic mass is 35.5. The van der Waals surface area contributed by atoms with Crippen molar-refractivity contribution in [1.82, 2.24) is 9.78 Å². The second-order valence-corrected chi connectivity index (χ2v) is 5.96. The molecule has 0 aliphatic carbocycles. The van der Waals surface area contributed by atoms with E-state index in [4.69, 9.17) is 25.8 Å². The fraction of sp³-hybridized carbons (Fsp3) is 0.353. The van der Waals surface area contributed by atoms with E-state index in [0.717, 1.165) is 12.0 Å². The van der Waals surface area contributed by atoms with E-state index in [-0.39, 0.29) is 24.7 Å². The molecule has 1 aromatic carbocycles. The van der Waals surface area contributed by atoms with E-state index in [9.17, 15) is 9.59 Å². The first-order chi connectivity index (χ1) is 12.1. The molecule has 0 unspecified atom stereocenters. The SMILES string of the molecule is CCCn1nc(C(=O)OCc2cc(Cl)cc3c2OCOC3)ccc1=O. The minimum atomic E-state index is -0.620. The monoisotopic (exact) mass is 364 g/mol. The summed E-state index contributed by atoms with van der Waals surface area (Å²) in [4.78, 5) is 23.9. The van der Waals surface area contributed by atoms with Gasteiger partial charge in [-0.1, -0.05) is 18.5 Å². The van der Waals surface area contributed by atoms with Crippen molar-refractivity contribution in [3.63, 3.8) is 0 Å². The van der Waals surface area contributed by atoms with Gasteiger partial charge in [-0.05, 0) is 24.6 Å². The Morgan fingerprint density at radius 2 is 2.24 bits per heavy atom. The predicted molar refractivity (Wildman–Crippen MR) is 89.6 cm³/mol. The summed E-state index contributed by atoms with van der Waals surface area (Å²) in [6.45, 7) is 2.87. The molecule has 8 heteroatoms. The van der Waals surface area contributed by atoms with E-state index in [1.807, 2.05) is 6.92 Å². The summed E-state index contributed by atoms with van der Waals surface area (Å²) >= 11 is 6.09. The van der Waals surface area contributed by atoms with E-state index < -0.39 is 5.97 Å². The van der Waals surface area contributed by atoms with E-state index in [2.05, 4.69) is 5.10 Å². The van der Waals surface area contributed by atoms with Crippen LogP contribution in [0.1, 0.15) is 35.0 Å². The molecule has 0 bridgehead atoms. The van der Waals surface area contributed by atoms with Crippen LogP contribution in [0.3, 0.4) is 0 Å². The first kappa shape index (κ1) is 17.4. The number of hydrogen-bond donors (Lipinski definition) is 0.